The molecule has 3 aromatic rings. The second-order valence-electron chi connectivity index (χ2n) is 15.9. The van der Waals surface area contributed by atoms with Gasteiger partial charge in [-0.3, -0.25) is 14.2 Å². The molecule has 272 valence electrons. The van der Waals surface area contributed by atoms with Crippen LogP contribution in [0.2, 0.25) is 5.15 Å². The van der Waals surface area contributed by atoms with E-state index in [0.29, 0.717) is 53.7 Å². The molecular formula is C39H41BClF3N4O4. The molecule has 2 N–H and O–H groups in total. The highest BCUT2D eigenvalue weighted by molar-refractivity contribution is 6.47. The molecular weight excluding hydrogens is 692 g/mol. The third kappa shape index (κ3) is 4.92. The monoisotopic (exact) mass is 732 g/mol. The number of aromatic nitrogens is 2. The van der Waals surface area contributed by atoms with E-state index in [9.17, 15) is 22.8 Å². The predicted octanol–water partition coefficient (Wildman–Crippen LogP) is 7.13. The number of halogens is 4. The number of nitrogens with zero attached hydrogens (tertiary/aromatic N) is 2. The quantitative estimate of drug-likeness (QED) is 0.152. The van der Waals surface area contributed by atoms with Crippen LogP contribution in [-0.4, -0.2) is 40.2 Å². The Labute approximate surface area is 305 Å². The second-order valence-corrected chi connectivity index (χ2v) is 16.3. The molecule has 5 fully saturated rings. The highest BCUT2D eigenvalue weighted by atomic mass is 35.5. The maximum atomic E-state index is 14.4. The highest BCUT2D eigenvalue weighted by Gasteiger charge is 2.94. The molecule has 2 aromatic carbocycles. The largest absolute Gasteiger partial charge is 0.481 e. The zero-order chi connectivity index (χ0) is 36.2. The third-order valence-corrected chi connectivity index (χ3v) is 13.8. The number of carbonyl (C=O) groups excluding carboxylic acids is 1. The van der Waals surface area contributed by atoms with Crippen LogP contribution in [0.3, 0.4) is 0 Å². The van der Waals surface area contributed by atoms with E-state index < -0.39 is 36.4 Å². The van der Waals surface area contributed by atoms with Crippen molar-refractivity contribution in [3.63, 3.8) is 0 Å². The predicted molar refractivity (Wildman–Crippen MR) is 191 cm³/mol. The molecule has 8 nitrogen and oxygen atoms in total. The minimum absolute atomic E-state index is 0.0875. The van der Waals surface area contributed by atoms with Crippen molar-refractivity contribution >= 4 is 30.4 Å². The molecule has 9 rings (SSSR count). The van der Waals surface area contributed by atoms with Gasteiger partial charge in [0, 0.05) is 18.4 Å². The topological polar surface area (TPSA) is 94.5 Å². The lowest BCUT2D eigenvalue weighted by molar-refractivity contribution is -0.498. The van der Waals surface area contributed by atoms with Gasteiger partial charge in [-0.1, -0.05) is 60.1 Å². The minimum Gasteiger partial charge on any atom is -0.406 e. The fraction of sp³-hybridized carbons (Fsp3) is 0.513. The van der Waals surface area contributed by atoms with Gasteiger partial charge in [-0.15, -0.1) is 6.58 Å². The van der Waals surface area contributed by atoms with E-state index in [1.807, 2.05) is 18.2 Å². The fourth-order valence-electron chi connectivity index (χ4n) is 11.4. The Kier molecular flexibility index (Phi) is 8.03. The summed E-state index contributed by atoms with van der Waals surface area (Å²) < 4.78 is 54.9. The summed E-state index contributed by atoms with van der Waals surface area (Å²) in [5, 5.41) is 6.18. The summed E-state index contributed by atoms with van der Waals surface area (Å²) in [7, 11) is -0.642. The Morgan fingerprint density at radius 3 is 2.71 bits per heavy atom. The van der Waals surface area contributed by atoms with Crippen LogP contribution in [0.5, 0.6) is 0 Å². The molecule has 3 heterocycles. The Bertz CT molecular complexity index is 2000. The van der Waals surface area contributed by atoms with Gasteiger partial charge in [0.25, 0.3) is 5.56 Å². The Morgan fingerprint density at radius 2 is 1.96 bits per heavy atom. The first kappa shape index (κ1) is 34.2. The van der Waals surface area contributed by atoms with Crippen molar-refractivity contribution in [2.24, 2.45) is 29.1 Å². The molecule has 1 saturated heterocycles. The van der Waals surface area contributed by atoms with Crippen molar-refractivity contribution in [1.82, 2.24) is 14.9 Å². The zero-order valence-corrected chi connectivity index (χ0v) is 29.6. The van der Waals surface area contributed by atoms with E-state index in [1.165, 1.54) is 35.1 Å². The summed E-state index contributed by atoms with van der Waals surface area (Å²) in [6.45, 7) is 6.06. The molecule has 6 aliphatic rings. The van der Waals surface area contributed by atoms with Gasteiger partial charge in [0.05, 0.1) is 28.9 Å². The Balaban J connectivity index is 0.973. The fourth-order valence-corrected chi connectivity index (χ4v) is 11.7. The van der Waals surface area contributed by atoms with Crippen molar-refractivity contribution < 1.29 is 27.3 Å². The maximum Gasteiger partial charge on any atom is 0.481 e. The van der Waals surface area contributed by atoms with E-state index in [0.717, 1.165) is 30.9 Å². The number of anilines is 1. The number of hydrogen-bond acceptors (Lipinski definition) is 6. The van der Waals surface area contributed by atoms with Crippen molar-refractivity contribution in [2.45, 2.75) is 94.2 Å². The van der Waals surface area contributed by atoms with Gasteiger partial charge in [0.15, 0.2) is 11.0 Å². The molecule has 0 radical (unpaired) electrons. The van der Waals surface area contributed by atoms with Crippen LogP contribution in [0.25, 0.3) is 0 Å². The average Bonchev–Trinajstić information content (AvgIpc) is 3.49. The van der Waals surface area contributed by atoms with Crippen LogP contribution in [0.4, 0.5) is 19.0 Å². The lowest BCUT2D eigenvalue weighted by atomic mass is 9.13. The SMILES string of the molecule is C=CC[C@H](NC(=O)[C@@H]1C[C@@H](CCCc2ccccc2)c2c(Cl)nc(NCc3cccc(C(F)(F)F)c3)c(=O)n21)B1OC2C3CC4CC5C43C2[C@]5(C)O1. The van der Waals surface area contributed by atoms with E-state index in [4.69, 9.17) is 20.9 Å². The standard InChI is InChI=1S/C39H41BClF3N4O4/c1-3-9-29(40-51-31-26-18-25-19-28-37(2,52-40)32(31)38(25,26)28)46-35(49)27-17-23(14-7-12-21-10-5-4-6-11-21)30-33(41)47-34(36(50)48(27)30)45-20-22-13-8-15-24(16-22)39(42,43)44/h3-6,8,10-11,13,15-16,23,25-29,31-32H,1,7,9,12,14,17-20H2,2H3,(H,45,47)(H,46,49)/t23-,25?,26?,27+,28?,29+,31?,32?,37-,38?/m1/s1. The highest BCUT2D eigenvalue weighted by Crippen LogP contribution is 2.92. The molecule has 13 heteroatoms. The molecule has 1 amide bonds. The van der Waals surface area contributed by atoms with Gasteiger partial charge in [-0.25, -0.2) is 4.98 Å². The number of hydrogen-bond donors (Lipinski definition) is 2. The molecule has 1 aromatic heterocycles. The molecule has 4 saturated carbocycles. The average molecular weight is 733 g/mol. The number of amides is 1. The van der Waals surface area contributed by atoms with E-state index in [1.54, 1.807) is 6.08 Å². The summed E-state index contributed by atoms with van der Waals surface area (Å²) in [6, 6.07) is 14.1. The van der Waals surface area contributed by atoms with Crippen molar-refractivity contribution in [3.05, 3.63) is 105 Å². The first-order valence-corrected chi connectivity index (χ1v) is 18.8. The number of carbonyl (C=O) groups is 1. The first-order valence-electron chi connectivity index (χ1n) is 18.5. The van der Waals surface area contributed by atoms with Crippen LogP contribution in [0.15, 0.2) is 72.0 Å². The zero-order valence-electron chi connectivity index (χ0n) is 28.9. The molecule has 6 unspecified atom stereocenters. The van der Waals surface area contributed by atoms with Gasteiger partial charge in [-0.05, 0) is 98.3 Å². The number of aryl methyl sites for hydroxylation is 1. The normalized spacial score (nSPS) is 33.6. The van der Waals surface area contributed by atoms with Gasteiger partial charge < -0.3 is 19.9 Å². The summed E-state index contributed by atoms with van der Waals surface area (Å²) in [6.07, 6.45) is 2.86. The number of nitrogens with one attached hydrogen (secondary N) is 2. The first-order chi connectivity index (χ1) is 24.9. The molecule has 4 aliphatic carbocycles. The third-order valence-electron chi connectivity index (χ3n) is 13.5. The summed E-state index contributed by atoms with van der Waals surface area (Å²) in [5.74, 6) is 1.15. The number of rotatable bonds is 12. The molecule has 2 aliphatic heterocycles. The van der Waals surface area contributed by atoms with Crippen molar-refractivity contribution in [2.75, 3.05) is 5.32 Å². The van der Waals surface area contributed by atoms with Crippen LogP contribution in [0, 0.1) is 29.1 Å². The van der Waals surface area contributed by atoms with Crippen molar-refractivity contribution in [1.29, 1.82) is 0 Å². The second kappa shape index (κ2) is 12.2. The summed E-state index contributed by atoms with van der Waals surface area (Å²) >= 11 is 6.83. The molecule has 0 bridgehead atoms. The van der Waals surface area contributed by atoms with Gasteiger partial charge in [-0.2, -0.15) is 13.2 Å². The summed E-state index contributed by atoms with van der Waals surface area (Å²) in [5.41, 5.74) is 0.836. The number of alkyl halides is 3. The minimum atomic E-state index is -4.50. The molecule has 10 atom stereocenters. The van der Waals surface area contributed by atoms with Crippen molar-refractivity contribution in [3.8, 4) is 0 Å². The van der Waals surface area contributed by atoms with E-state index >= 15 is 0 Å². The summed E-state index contributed by atoms with van der Waals surface area (Å²) in [4.78, 5) is 32.9. The number of fused-ring (bicyclic) bond motifs is 3. The van der Waals surface area contributed by atoms with Crippen LogP contribution >= 0.6 is 11.6 Å². The Hall–Kier alpha value is -3.61. The van der Waals surface area contributed by atoms with Crippen LogP contribution < -0.4 is 16.2 Å². The van der Waals surface area contributed by atoms with Crippen LogP contribution in [0.1, 0.15) is 79.8 Å². The smallest absolute Gasteiger partial charge is 0.406 e. The lowest BCUT2D eigenvalue weighted by Crippen LogP contribution is -2.97. The lowest BCUT2D eigenvalue weighted by Gasteiger charge is -2.94. The Morgan fingerprint density at radius 1 is 1.17 bits per heavy atom. The van der Waals surface area contributed by atoms with Gasteiger partial charge in [0.2, 0.25) is 5.91 Å². The van der Waals surface area contributed by atoms with Gasteiger partial charge in [0.1, 0.15) is 6.04 Å². The van der Waals surface area contributed by atoms with Crippen LogP contribution in [-0.2, 0) is 33.2 Å². The maximum absolute atomic E-state index is 14.4. The van der Waals surface area contributed by atoms with E-state index in [-0.39, 0.29) is 41.0 Å². The van der Waals surface area contributed by atoms with E-state index in [2.05, 4.69) is 41.3 Å². The molecule has 1 spiro atoms. The number of benzene rings is 2. The van der Waals surface area contributed by atoms with Gasteiger partial charge >= 0.3 is 13.3 Å². The molecule has 52 heavy (non-hydrogen) atoms.